The highest BCUT2D eigenvalue weighted by atomic mass is 16.5. The summed E-state index contributed by atoms with van der Waals surface area (Å²) in [5.41, 5.74) is 0.390. The van der Waals surface area contributed by atoms with Gasteiger partial charge in [-0.15, -0.1) is 0 Å². The summed E-state index contributed by atoms with van der Waals surface area (Å²) in [7, 11) is 2.24. The molecule has 2 fully saturated rings. The van der Waals surface area contributed by atoms with Crippen LogP contribution >= 0.6 is 0 Å². The lowest BCUT2D eigenvalue weighted by molar-refractivity contribution is -0.00826. The van der Waals surface area contributed by atoms with Crippen molar-refractivity contribution >= 4 is 0 Å². The minimum absolute atomic E-state index is 0.390. The average Bonchev–Trinajstić information content (AvgIpc) is 2.90. The predicted octanol–water partition coefficient (Wildman–Crippen LogP) is 1.50. The third-order valence-corrected chi connectivity index (χ3v) is 4.45. The van der Waals surface area contributed by atoms with Crippen molar-refractivity contribution < 1.29 is 9.47 Å². The number of likely N-dealkylation sites (N-methyl/N-ethyl adjacent to an activating group) is 1. The second kappa shape index (κ2) is 7.58. The third-order valence-electron chi connectivity index (χ3n) is 4.45. The molecule has 0 aromatic heterocycles. The molecule has 0 saturated carbocycles. The molecule has 0 bridgehead atoms. The molecule has 0 aromatic carbocycles. The number of hydrogen-bond donors (Lipinski definition) is 1. The van der Waals surface area contributed by atoms with Gasteiger partial charge in [-0.2, -0.15) is 0 Å². The average molecular weight is 270 g/mol. The minimum Gasteiger partial charge on any atom is -0.381 e. The molecule has 0 radical (unpaired) electrons. The van der Waals surface area contributed by atoms with Gasteiger partial charge in [0.15, 0.2) is 0 Å². The smallest absolute Gasteiger partial charge is 0.0702 e. The van der Waals surface area contributed by atoms with E-state index >= 15 is 0 Å². The van der Waals surface area contributed by atoms with Gasteiger partial charge in [0.25, 0.3) is 0 Å². The Hall–Kier alpha value is -0.160. The second-order valence-electron chi connectivity index (χ2n) is 6.22. The SMILES string of the molecule is CCNCC1(CN(C)CC2CCCO2)CCOCC1. The fourth-order valence-corrected chi connectivity index (χ4v) is 3.36. The van der Waals surface area contributed by atoms with Gasteiger partial charge in [-0.3, -0.25) is 0 Å². The molecule has 2 saturated heterocycles. The summed E-state index contributed by atoms with van der Waals surface area (Å²) in [6.07, 6.45) is 5.27. The Bertz CT molecular complexity index is 249. The van der Waals surface area contributed by atoms with Crippen LogP contribution in [-0.4, -0.2) is 64.1 Å². The monoisotopic (exact) mass is 270 g/mol. The first-order valence-electron chi connectivity index (χ1n) is 7.83. The van der Waals surface area contributed by atoms with E-state index in [9.17, 15) is 0 Å². The van der Waals surface area contributed by atoms with Crippen LogP contribution in [0, 0.1) is 5.41 Å². The topological polar surface area (TPSA) is 33.7 Å². The zero-order valence-corrected chi connectivity index (χ0v) is 12.6. The van der Waals surface area contributed by atoms with Crippen molar-refractivity contribution in [3.63, 3.8) is 0 Å². The summed E-state index contributed by atoms with van der Waals surface area (Å²) < 4.78 is 11.3. The summed E-state index contributed by atoms with van der Waals surface area (Å²) in [4.78, 5) is 2.47. The molecular weight excluding hydrogens is 240 g/mol. The Kier molecular flexibility index (Phi) is 6.07. The highest BCUT2D eigenvalue weighted by molar-refractivity contribution is 4.87. The van der Waals surface area contributed by atoms with Crippen molar-refractivity contribution in [2.45, 2.75) is 38.7 Å². The van der Waals surface area contributed by atoms with Crippen LogP contribution in [0.2, 0.25) is 0 Å². The predicted molar refractivity (Wildman–Crippen MR) is 77.5 cm³/mol. The van der Waals surface area contributed by atoms with Crippen LogP contribution in [0.25, 0.3) is 0 Å². The van der Waals surface area contributed by atoms with Crippen molar-refractivity contribution in [1.29, 1.82) is 0 Å². The molecular formula is C15H30N2O2. The van der Waals surface area contributed by atoms with E-state index in [1.54, 1.807) is 0 Å². The highest BCUT2D eigenvalue weighted by Crippen LogP contribution is 2.31. The summed E-state index contributed by atoms with van der Waals surface area (Å²) in [5, 5.41) is 3.54. The maximum Gasteiger partial charge on any atom is 0.0702 e. The molecule has 0 aromatic rings. The van der Waals surface area contributed by atoms with E-state index in [-0.39, 0.29) is 0 Å². The molecule has 2 aliphatic rings. The van der Waals surface area contributed by atoms with E-state index in [4.69, 9.17) is 9.47 Å². The zero-order valence-electron chi connectivity index (χ0n) is 12.6. The van der Waals surface area contributed by atoms with Crippen LogP contribution < -0.4 is 5.32 Å². The van der Waals surface area contributed by atoms with E-state index in [0.29, 0.717) is 11.5 Å². The summed E-state index contributed by atoms with van der Waals surface area (Å²) >= 11 is 0. The Balaban J connectivity index is 1.83. The van der Waals surface area contributed by atoms with Gasteiger partial charge in [-0.05, 0) is 44.7 Å². The van der Waals surface area contributed by atoms with Crippen molar-refractivity contribution in [2.75, 3.05) is 53.0 Å². The molecule has 0 aliphatic carbocycles. The number of hydrogen-bond acceptors (Lipinski definition) is 4. The Morgan fingerprint density at radius 2 is 2.05 bits per heavy atom. The number of nitrogens with one attached hydrogen (secondary N) is 1. The second-order valence-corrected chi connectivity index (χ2v) is 6.22. The van der Waals surface area contributed by atoms with E-state index in [0.717, 1.165) is 46.0 Å². The normalized spacial score (nSPS) is 27.0. The fraction of sp³-hybridized carbons (Fsp3) is 1.00. The molecule has 4 nitrogen and oxygen atoms in total. The Labute approximate surface area is 117 Å². The standard InChI is InChI=1S/C15H30N2O2/c1-3-16-12-15(6-9-18-10-7-15)13-17(2)11-14-5-4-8-19-14/h14,16H,3-13H2,1-2H3. The molecule has 2 heterocycles. The number of nitrogens with zero attached hydrogens (tertiary/aromatic N) is 1. The first-order chi connectivity index (χ1) is 9.24. The van der Waals surface area contributed by atoms with Crippen LogP contribution in [0.15, 0.2) is 0 Å². The zero-order chi connectivity index (χ0) is 13.6. The molecule has 1 unspecified atom stereocenters. The van der Waals surface area contributed by atoms with Gasteiger partial charge in [-0.25, -0.2) is 0 Å². The molecule has 1 N–H and O–H groups in total. The lowest BCUT2D eigenvalue weighted by Gasteiger charge is -2.40. The van der Waals surface area contributed by atoms with Gasteiger partial charge < -0.3 is 19.7 Å². The van der Waals surface area contributed by atoms with Crippen LogP contribution in [0.5, 0.6) is 0 Å². The first-order valence-corrected chi connectivity index (χ1v) is 7.83. The van der Waals surface area contributed by atoms with E-state index < -0.39 is 0 Å². The van der Waals surface area contributed by atoms with E-state index in [2.05, 4.69) is 24.2 Å². The summed E-state index contributed by atoms with van der Waals surface area (Å²) in [6.45, 7) is 9.37. The van der Waals surface area contributed by atoms with Crippen LogP contribution in [0.3, 0.4) is 0 Å². The van der Waals surface area contributed by atoms with Gasteiger partial charge >= 0.3 is 0 Å². The number of rotatable bonds is 7. The highest BCUT2D eigenvalue weighted by Gasteiger charge is 2.34. The maximum absolute atomic E-state index is 5.74. The van der Waals surface area contributed by atoms with Crippen LogP contribution in [0.1, 0.15) is 32.6 Å². The van der Waals surface area contributed by atoms with Gasteiger partial charge in [0, 0.05) is 39.5 Å². The number of ether oxygens (including phenoxy) is 2. The molecule has 112 valence electrons. The first kappa shape index (κ1) is 15.2. The van der Waals surface area contributed by atoms with Gasteiger partial charge in [0.1, 0.15) is 0 Å². The van der Waals surface area contributed by atoms with Gasteiger partial charge in [0.2, 0.25) is 0 Å². The molecule has 2 aliphatic heterocycles. The van der Waals surface area contributed by atoms with E-state index in [1.165, 1.54) is 25.7 Å². The van der Waals surface area contributed by atoms with Crippen molar-refractivity contribution in [2.24, 2.45) is 5.41 Å². The molecule has 19 heavy (non-hydrogen) atoms. The van der Waals surface area contributed by atoms with Gasteiger partial charge in [-0.1, -0.05) is 6.92 Å². The largest absolute Gasteiger partial charge is 0.381 e. The molecule has 0 spiro atoms. The Morgan fingerprint density at radius 3 is 2.68 bits per heavy atom. The van der Waals surface area contributed by atoms with Crippen molar-refractivity contribution in [1.82, 2.24) is 10.2 Å². The van der Waals surface area contributed by atoms with Crippen molar-refractivity contribution in [3.05, 3.63) is 0 Å². The lowest BCUT2D eigenvalue weighted by atomic mass is 9.79. The summed E-state index contributed by atoms with van der Waals surface area (Å²) in [5.74, 6) is 0. The fourth-order valence-electron chi connectivity index (χ4n) is 3.36. The molecule has 0 amide bonds. The van der Waals surface area contributed by atoms with E-state index in [1.807, 2.05) is 0 Å². The minimum atomic E-state index is 0.390. The maximum atomic E-state index is 5.74. The van der Waals surface area contributed by atoms with Gasteiger partial charge in [0.05, 0.1) is 6.10 Å². The lowest BCUT2D eigenvalue weighted by Crippen LogP contribution is -2.47. The summed E-state index contributed by atoms with van der Waals surface area (Å²) in [6, 6.07) is 0. The quantitative estimate of drug-likeness (QED) is 0.760. The van der Waals surface area contributed by atoms with Crippen LogP contribution in [0.4, 0.5) is 0 Å². The Morgan fingerprint density at radius 1 is 1.26 bits per heavy atom. The van der Waals surface area contributed by atoms with Crippen LogP contribution in [-0.2, 0) is 9.47 Å². The molecule has 1 atom stereocenters. The molecule has 4 heteroatoms. The third kappa shape index (κ3) is 4.71. The molecule has 2 rings (SSSR count). The van der Waals surface area contributed by atoms with Crippen molar-refractivity contribution in [3.8, 4) is 0 Å².